The van der Waals surface area contributed by atoms with Gasteiger partial charge >= 0.3 is 11.6 Å². The summed E-state index contributed by atoms with van der Waals surface area (Å²) >= 11 is 0. The summed E-state index contributed by atoms with van der Waals surface area (Å²) in [7, 11) is 1.12. The molecule has 0 aliphatic carbocycles. The van der Waals surface area contributed by atoms with Crippen LogP contribution < -0.4 is 10.4 Å². The lowest BCUT2D eigenvalue weighted by molar-refractivity contribution is 0.0592. The molecule has 0 spiro atoms. The lowest BCUT2D eigenvalue weighted by Crippen LogP contribution is -2.15. The minimum absolute atomic E-state index is 0.169. The second-order valence-electron chi connectivity index (χ2n) is 6.26. The Kier molecular flexibility index (Phi) is 4.75. The molecule has 144 valence electrons. The molecule has 0 radical (unpaired) electrons. The zero-order valence-electron chi connectivity index (χ0n) is 15.4. The third-order valence-electron chi connectivity index (χ3n) is 4.44. The molecular weight excluding hydrogens is 372 g/mol. The van der Waals surface area contributed by atoms with Crippen molar-refractivity contribution in [2.75, 3.05) is 7.11 Å². The van der Waals surface area contributed by atoms with Crippen molar-refractivity contribution >= 4 is 16.9 Å². The molecule has 0 fully saturated rings. The van der Waals surface area contributed by atoms with Crippen LogP contribution in [-0.4, -0.2) is 18.2 Å². The van der Waals surface area contributed by atoms with Crippen LogP contribution in [-0.2, 0) is 4.74 Å². The van der Waals surface area contributed by atoms with Gasteiger partial charge in [-0.3, -0.25) is 0 Å². The summed E-state index contributed by atoms with van der Waals surface area (Å²) in [6, 6.07) is 21.8. The molecule has 0 bridgehead atoms. The molecule has 1 aromatic heterocycles. The number of aromatic hydroxyl groups is 1. The van der Waals surface area contributed by atoms with Gasteiger partial charge in [0, 0.05) is 0 Å². The van der Waals surface area contributed by atoms with Crippen molar-refractivity contribution in [1.82, 2.24) is 0 Å². The maximum Gasteiger partial charge on any atom is 0.354 e. The first-order chi connectivity index (χ1) is 14.1. The zero-order chi connectivity index (χ0) is 20.4. The average molecular weight is 388 g/mol. The van der Waals surface area contributed by atoms with Gasteiger partial charge in [0.1, 0.15) is 22.8 Å². The Labute approximate surface area is 165 Å². The summed E-state index contributed by atoms with van der Waals surface area (Å²) in [5, 5.41) is 10.5. The van der Waals surface area contributed by atoms with Gasteiger partial charge in [-0.15, -0.1) is 0 Å². The summed E-state index contributed by atoms with van der Waals surface area (Å²) in [6.07, 6.45) is 0. The number of benzene rings is 3. The van der Waals surface area contributed by atoms with Crippen molar-refractivity contribution in [1.29, 1.82) is 0 Å². The summed E-state index contributed by atoms with van der Waals surface area (Å²) in [6.45, 7) is 0. The normalized spacial score (nSPS) is 10.7. The molecule has 6 nitrogen and oxygen atoms in total. The van der Waals surface area contributed by atoms with Crippen LogP contribution in [0.4, 0.5) is 0 Å². The number of carbonyl (C=O) groups excluding carboxylic acids is 1. The van der Waals surface area contributed by atoms with Crippen LogP contribution >= 0.6 is 0 Å². The zero-order valence-corrected chi connectivity index (χ0v) is 15.4. The van der Waals surface area contributed by atoms with E-state index in [1.54, 1.807) is 18.2 Å². The number of hydrogen-bond acceptors (Lipinski definition) is 6. The van der Waals surface area contributed by atoms with E-state index < -0.39 is 22.9 Å². The van der Waals surface area contributed by atoms with Gasteiger partial charge in [-0.05, 0) is 47.5 Å². The van der Waals surface area contributed by atoms with Crippen molar-refractivity contribution in [2.24, 2.45) is 0 Å². The molecule has 0 unspecified atom stereocenters. The Morgan fingerprint density at radius 2 is 1.55 bits per heavy atom. The Morgan fingerprint density at radius 3 is 2.24 bits per heavy atom. The summed E-state index contributed by atoms with van der Waals surface area (Å²) < 4.78 is 15.5. The number of rotatable bonds is 4. The van der Waals surface area contributed by atoms with Gasteiger partial charge in [0.2, 0.25) is 0 Å². The first kappa shape index (κ1) is 18.3. The van der Waals surface area contributed by atoms with Gasteiger partial charge in [0.15, 0.2) is 5.56 Å². The van der Waals surface area contributed by atoms with E-state index in [0.717, 1.165) is 24.0 Å². The molecule has 29 heavy (non-hydrogen) atoms. The Balaban J connectivity index is 1.68. The van der Waals surface area contributed by atoms with E-state index in [0.29, 0.717) is 5.75 Å². The fourth-order valence-corrected chi connectivity index (χ4v) is 2.99. The third kappa shape index (κ3) is 3.55. The van der Waals surface area contributed by atoms with Gasteiger partial charge < -0.3 is 19.0 Å². The molecule has 0 amide bonds. The Bertz CT molecular complexity index is 1240. The highest BCUT2D eigenvalue weighted by atomic mass is 16.5. The van der Waals surface area contributed by atoms with Crippen LogP contribution in [0.1, 0.15) is 10.4 Å². The fourth-order valence-electron chi connectivity index (χ4n) is 2.99. The molecule has 6 heteroatoms. The molecule has 0 saturated heterocycles. The maximum absolute atomic E-state index is 12.1. The maximum atomic E-state index is 12.1. The largest absolute Gasteiger partial charge is 0.506 e. The van der Waals surface area contributed by atoms with Crippen LogP contribution in [0.2, 0.25) is 0 Å². The van der Waals surface area contributed by atoms with E-state index >= 15 is 0 Å². The average Bonchev–Trinajstić information content (AvgIpc) is 2.74. The number of carbonyl (C=O) groups is 1. The van der Waals surface area contributed by atoms with Gasteiger partial charge in [0.25, 0.3) is 0 Å². The third-order valence-corrected chi connectivity index (χ3v) is 4.44. The minimum Gasteiger partial charge on any atom is -0.506 e. The summed E-state index contributed by atoms with van der Waals surface area (Å²) in [4.78, 5) is 23.8. The highest BCUT2D eigenvalue weighted by Gasteiger charge is 2.21. The monoisotopic (exact) mass is 388 g/mol. The first-order valence-corrected chi connectivity index (χ1v) is 8.78. The van der Waals surface area contributed by atoms with E-state index in [-0.39, 0.29) is 11.0 Å². The molecule has 0 saturated carbocycles. The minimum atomic E-state index is -0.953. The molecule has 4 aromatic rings. The lowest BCUT2D eigenvalue weighted by atomic mass is 10.0. The molecule has 0 aliphatic heterocycles. The first-order valence-electron chi connectivity index (χ1n) is 8.78. The SMILES string of the molecule is COC(=O)c1c(O)c2ccc(-c3ccc(Oc4ccccc4)cc3)cc2oc1=O. The van der Waals surface area contributed by atoms with Crippen LogP contribution in [0.15, 0.2) is 82.0 Å². The molecular formula is C23H16O6. The van der Waals surface area contributed by atoms with Gasteiger partial charge in [-0.1, -0.05) is 36.4 Å². The molecule has 4 rings (SSSR count). The quantitative estimate of drug-likeness (QED) is 0.401. The van der Waals surface area contributed by atoms with Crippen molar-refractivity contribution < 1.29 is 23.8 Å². The lowest BCUT2D eigenvalue weighted by Gasteiger charge is -2.09. The number of ether oxygens (including phenoxy) is 2. The van der Waals surface area contributed by atoms with E-state index in [1.807, 2.05) is 54.6 Å². The number of methoxy groups -OCH3 is 1. The summed E-state index contributed by atoms with van der Waals surface area (Å²) in [5.41, 5.74) is 0.340. The fraction of sp³-hybridized carbons (Fsp3) is 0.0435. The van der Waals surface area contributed by atoms with E-state index in [4.69, 9.17) is 9.15 Å². The highest BCUT2D eigenvalue weighted by Crippen LogP contribution is 2.32. The second-order valence-corrected chi connectivity index (χ2v) is 6.26. The smallest absolute Gasteiger partial charge is 0.354 e. The number of fused-ring (bicyclic) bond motifs is 1. The van der Waals surface area contributed by atoms with Gasteiger partial charge in [-0.2, -0.15) is 0 Å². The molecule has 0 atom stereocenters. The summed E-state index contributed by atoms with van der Waals surface area (Å²) in [5.74, 6) is 0.0229. The van der Waals surface area contributed by atoms with Crippen LogP contribution in [0, 0.1) is 0 Å². The van der Waals surface area contributed by atoms with Crippen LogP contribution in [0.25, 0.3) is 22.1 Å². The highest BCUT2D eigenvalue weighted by molar-refractivity contribution is 5.99. The van der Waals surface area contributed by atoms with E-state index in [2.05, 4.69) is 4.74 Å². The second kappa shape index (κ2) is 7.52. The number of hydrogen-bond donors (Lipinski definition) is 1. The Hall–Kier alpha value is -4.06. The van der Waals surface area contributed by atoms with Crippen molar-refractivity contribution in [3.05, 3.63) is 88.8 Å². The topological polar surface area (TPSA) is 86.0 Å². The molecule has 3 aromatic carbocycles. The predicted molar refractivity (Wildman–Crippen MR) is 107 cm³/mol. The Morgan fingerprint density at radius 1 is 0.897 bits per heavy atom. The molecule has 0 aliphatic rings. The van der Waals surface area contributed by atoms with Crippen molar-refractivity contribution in [3.8, 4) is 28.4 Å². The number of para-hydroxylation sites is 1. The van der Waals surface area contributed by atoms with E-state index in [1.165, 1.54) is 0 Å². The van der Waals surface area contributed by atoms with Gasteiger partial charge in [-0.25, -0.2) is 9.59 Å². The van der Waals surface area contributed by atoms with Crippen molar-refractivity contribution in [3.63, 3.8) is 0 Å². The number of esters is 1. The van der Waals surface area contributed by atoms with Crippen molar-refractivity contribution in [2.45, 2.75) is 0 Å². The molecule has 1 heterocycles. The van der Waals surface area contributed by atoms with E-state index in [9.17, 15) is 14.7 Å². The molecule has 1 N–H and O–H groups in total. The predicted octanol–water partition coefficient (Wildman–Crippen LogP) is 4.74. The van der Waals surface area contributed by atoms with Crippen LogP contribution in [0.3, 0.4) is 0 Å². The van der Waals surface area contributed by atoms with Crippen LogP contribution in [0.5, 0.6) is 17.2 Å². The standard InChI is InChI=1S/C23H16O6/c1-27-22(25)20-21(24)18-12-9-15(13-19(18)29-23(20)26)14-7-10-17(11-8-14)28-16-5-3-2-4-6-16/h2-13,24H,1H3. The van der Waals surface area contributed by atoms with Gasteiger partial charge in [0.05, 0.1) is 12.5 Å².